The molecule has 0 N–H and O–H groups in total. The van der Waals surface area contributed by atoms with Gasteiger partial charge in [-0.2, -0.15) is 0 Å². The van der Waals surface area contributed by atoms with Crippen molar-refractivity contribution in [1.29, 1.82) is 0 Å². The van der Waals surface area contributed by atoms with Crippen LogP contribution in [0, 0.1) is 5.41 Å². The van der Waals surface area contributed by atoms with Gasteiger partial charge in [-0.25, -0.2) is 4.98 Å². The van der Waals surface area contributed by atoms with Crippen LogP contribution in [0.1, 0.15) is 98.4 Å². The summed E-state index contributed by atoms with van der Waals surface area (Å²) in [5, 5.41) is 2.16. The first-order chi connectivity index (χ1) is 15.8. The number of allylic oxidation sites excluding steroid dienone is 1. The third kappa shape index (κ3) is 7.27. The largest absolute Gasteiger partial charge is 0.381 e. The van der Waals surface area contributed by atoms with E-state index >= 15 is 0 Å². The second-order valence-electron chi connectivity index (χ2n) is 9.18. The normalized spacial score (nSPS) is 17.3. The van der Waals surface area contributed by atoms with E-state index in [2.05, 4.69) is 59.5 Å². The number of hydrogen-bond acceptors (Lipinski definition) is 4. The van der Waals surface area contributed by atoms with E-state index in [0.717, 1.165) is 10.5 Å². The molecule has 5 heteroatoms. The number of nitrogens with zero attached hydrogens (tertiary/aromatic N) is 3. The summed E-state index contributed by atoms with van der Waals surface area (Å²) in [4.78, 5) is 8.69. The number of likely N-dealkylation sites (tertiary alicyclic amines) is 1. The Bertz CT molecular complexity index is 833. The topological polar surface area (TPSA) is 29.8 Å². The lowest BCUT2D eigenvalue weighted by atomic mass is 9.76. The Kier molecular flexibility index (Phi) is 12.6. The molecule has 0 radical (unpaired) electrons. The zero-order chi connectivity index (χ0) is 25.1. The predicted octanol–water partition coefficient (Wildman–Crippen LogP) is 8.19. The molecule has 2 aromatic rings. The Labute approximate surface area is 207 Å². The summed E-state index contributed by atoms with van der Waals surface area (Å²) in [5.41, 5.74) is 4.16. The summed E-state index contributed by atoms with van der Waals surface area (Å²) in [6.07, 6.45) is 12.5. The van der Waals surface area contributed by atoms with Crippen molar-refractivity contribution < 1.29 is 4.74 Å². The SMILES string of the molecule is C=C(C)c1csc2nc(C(C)(C)N3CCC4(CCCC4)CC3)cn12.C=CCOC.CC.CC. The van der Waals surface area contributed by atoms with Crippen LogP contribution in [-0.4, -0.2) is 41.1 Å². The molecular formula is C28H49N3OS. The Morgan fingerprint density at radius 1 is 1.15 bits per heavy atom. The number of ether oxygens (including phenoxy) is 1. The first kappa shape index (κ1) is 29.6. The van der Waals surface area contributed by atoms with Gasteiger partial charge in [0.1, 0.15) is 0 Å². The first-order valence-electron chi connectivity index (χ1n) is 12.8. The zero-order valence-corrected chi connectivity index (χ0v) is 23.5. The Balaban J connectivity index is 0.000000529. The molecule has 1 aliphatic heterocycles. The molecule has 188 valence electrons. The van der Waals surface area contributed by atoms with E-state index in [4.69, 9.17) is 4.98 Å². The summed E-state index contributed by atoms with van der Waals surface area (Å²) >= 11 is 1.71. The number of aromatic nitrogens is 2. The summed E-state index contributed by atoms with van der Waals surface area (Å²) in [6.45, 7) is 25.4. The monoisotopic (exact) mass is 475 g/mol. The van der Waals surface area contributed by atoms with Crippen molar-refractivity contribution in [2.45, 2.75) is 92.5 Å². The van der Waals surface area contributed by atoms with Crippen LogP contribution in [0.15, 0.2) is 30.8 Å². The number of hydrogen-bond donors (Lipinski definition) is 0. The van der Waals surface area contributed by atoms with Crippen LogP contribution in [0.2, 0.25) is 0 Å². The molecule has 0 aromatic carbocycles. The van der Waals surface area contributed by atoms with Gasteiger partial charge in [0.2, 0.25) is 0 Å². The van der Waals surface area contributed by atoms with Gasteiger partial charge < -0.3 is 4.74 Å². The van der Waals surface area contributed by atoms with Crippen LogP contribution in [-0.2, 0) is 10.3 Å². The smallest absolute Gasteiger partial charge is 0.194 e. The standard InChI is InChI=1S/C20H29N3S.C4H8O.2C2H6/c1-15(2)16-14-24-18-21-17(13-23(16)18)19(3,4)22-11-9-20(10-12-22)7-5-6-8-20;1-3-4-5-2;2*1-2/h13-14H,1,5-12H2,2-4H3;3H,1,4H2,2H3;2*1-2H3. The van der Waals surface area contributed by atoms with Crippen LogP contribution in [0.3, 0.4) is 0 Å². The maximum absolute atomic E-state index is 4.95. The minimum absolute atomic E-state index is 0.00169. The lowest BCUT2D eigenvalue weighted by molar-refractivity contribution is 0.0327. The van der Waals surface area contributed by atoms with Crippen molar-refractivity contribution in [3.05, 3.63) is 42.2 Å². The van der Waals surface area contributed by atoms with Gasteiger partial charge in [-0.1, -0.05) is 53.2 Å². The number of rotatable bonds is 5. The van der Waals surface area contributed by atoms with Crippen molar-refractivity contribution in [1.82, 2.24) is 14.3 Å². The van der Waals surface area contributed by atoms with Crippen LogP contribution >= 0.6 is 11.3 Å². The van der Waals surface area contributed by atoms with E-state index in [1.807, 2.05) is 27.7 Å². The highest BCUT2D eigenvalue weighted by atomic mass is 32.1. The van der Waals surface area contributed by atoms with Crippen LogP contribution in [0.25, 0.3) is 10.5 Å². The molecule has 4 nitrogen and oxygen atoms in total. The molecule has 4 rings (SSSR count). The maximum atomic E-state index is 4.95. The molecule has 33 heavy (non-hydrogen) atoms. The minimum Gasteiger partial charge on any atom is -0.381 e. The van der Waals surface area contributed by atoms with Gasteiger partial charge in [0.25, 0.3) is 0 Å². The third-order valence-electron chi connectivity index (χ3n) is 6.84. The van der Waals surface area contributed by atoms with E-state index in [9.17, 15) is 0 Å². The highest BCUT2D eigenvalue weighted by Gasteiger charge is 2.41. The van der Waals surface area contributed by atoms with Gasteiger partial charge in [0.15, 0.2) is 4.96 Å². The fraction of sp³-hybridized carbons (Fsp3) is 0.679. The molecule has 2 aliphatic rings. The van der Waals surface area contributed by atoms with Crippen molar-refractivity contribution in [2.24, 2.45) is 5.41 Å². The molecular weight excluding hydrogens is 426 g/mol. The summed E-state index contributed by atoms with van der Waals surface area (Å²) in [7, 11) is 1.64. The second kappa shape index (κ2) is 14.1. The molecule has 1 saturated carbocycles. The number of methoxy groups -OCH3 is 1. The van der Waals surface area contributed by atoms with Gasteiger partial charge in [-0.05, 0) is 70.5 Å². The molecule has 2 fully saturated rings. The zero-order valence-electron chi connectivity index (χ0n) is 22.7. The summed E-state index contributed by atoms with van der Waals surface area (Å²) in [6, 6.07) is 0. The number of piperidine rings is 1. The van der Waals surface area contributed by atoms with Crippen molar-refractivity contribution in [2.75, 3.05) is 26.8 Å². The van der Waals surface area contributed by atoms with Gasteiger partial charge in [-0.3, -0.25) is 9.30 Å². The van der Waals surface area contributed by atoms with Crippen LogP contribution < -0.4 is 0 Å². The summed E-state index contributed by atoms with van der Waals surface area (Å²) < 4.78 is 6.79. The second-order valence-corrected chi connectivity index (χ2v) is 10.0. The van der Waals surface area contributed by atoms with E-state index in [0.29, 0.717) is 12.0 Å². The van der Waals surface area contributed by atoms with Crippen molar-refractivity contribution in [3.63, 3.8) is 0 Å². The molecule has 0 bridgehead atoms. The van der Waals surface area contributed by atoms with Gasteiger partial charge >= 0.3 is 0 Å². The Hall–Kier alpha value is -1.43. The van der Waals surface area contributed by atoms with Gasteiger partial charge in [0.05, 0.1) is 23.5 Å². The highest BCUT2D eigenvalue weighted by Crippen LogP contribution is 2.47. The lowest BCUT2D eigenvalue weighted by Gasteiger charge is -2.46. The van der Waals surface area contributed by atoms with E-state index < -0.39 is 0 Å². The first-order valence-corrected chi connectivity index (χ1v) is 13.7. The molecule has 1 spiro atoms. The van der Waals surface area contributed by atoms with E-state index in [1.54, 1.807) is 24.5 Å². The number of imidazole rings is 1. The predicted molar refractivity (Wildman–Crippen MR) is 147 cm³/mol. The fourth-order valence-corrected chi connectivity index (χ4v) is 5.78. The van der Waals surface area contributed by atoms with E-state index in [-0.39, 0.29) is 5.54 Å². The van der Waals surface area contributed by atoms with Crippen LogP contribution in [0.4, 0.5) is 0 Å². The molecule has 0 atom stereocenters. The minimum atomic E-state index is -0.00169. The fourth-order valence-electron chi connectivity index (χ4n) is 4.83. The third-order valence-corrected chi connectivity index (χ3v) is 7.68. The van der Waals surface area contributed by atoms with Gasteiger partial charge in [0, 0.05) is 18.7 Å². The molecule has 1 saturated heterocycles. The van der Waals surface area contributed by atoms with Crippen molar-refractivity contribution >= 4 is 21.9 Å². The molecule has 1 aliphatic carbocycles. The number of fused-ring (bicyclic) bond motifs is 1. The molecule has 2 aromatic heterocycles. The molecule has 0 amide bonds. The quantitative estimate of drug-likeness (QED) is 0.408. The lowest BCUT2D eigenvalue weighted by Crippen LogP contribution is -2.48. The Morgan fingerprint density at radius 2 is 1.73 bits per heavy atom. The highest BCUT2D eigenvalue weighted by molar-refractivity contribution is 7.15. The molecule has 0 unspecified atom stereocenters. The van der Waals surface area contributed by atoms with Crippen LogP contribution in [0.5, 0.6) is 0 Å². The summed E-state index contributed by atoms with van der Waals surface area (Å²) in [5.74, 6) is 0. The number of thiazole rings is 1. The average Bonchev–Trinajstić information content (AvgIpc) is 3.54. The Morgan fingerprint density at radius 3 is 2.18 bits per heavy atom. The van der Waals surface area contributed by atoms with Gasteiger partial charge in [-0.15, -0.1) is 17.9 Å². The maximum Gasteiger partial charge on any atom is 0.194 e. The molecule has 3 heterocycles. The van der Waals surface area contributed by atoms with E-state index in [1.165, 1.54) is 63.0 Å². The van der Waals surface area contributed by atoms with Crippen molar-refractivity contribution in [3.8, 4) is 0 Å². The average molecular weight is 476 g/mol.